The Morgan fingerprint density at radius 2 is 1.89 bits per heavy atom. The zero-order chi connectivity index (χ0) is 13.1. The molecule has 0 amide bonds. The van der Waals surface area contributed by atoms with Gasteiger partial charge in [-0.05, 0) is 75.3 Å². The first kappa shape index (κ1) is 13.8. The fraction of sp³-hybridized carbons (Fsp3) is 0.143. The standard InChI is InChI=1S/C14H12BrIO2/c1-9(17)10-6-7-13(11(15)8-10)18-14-5-3-2-4-12(14)16/h2-9,17H,1H3. The van der Waals surface area contributed by atoms with Crippen LogP contribution >= 0.6 is 38.5 Å². The molecule has 2 rings (SSSR count). The Kier molecular flexibility index (Phi) is 4.64. The van der Waals surface area contributed by atoms with Crippen LogP contribution in [0, 0.1) is 3.57 Å². The van der Waals surface area contributed by atoms with E-state index < -0.39 is 6.10 Å². The van der Waals surface area contributed by atoms with Crippen molar-refractivity contribution in [3.05, 3.63) is 56.1 Å². The van der Waals surface area contributed by atoms with Crippen LogP contribution < -0.4 is 4.74 Å². The van der Waals surface area contributed by atoms with E-state index in [2.05, 4.69) is 38.5 Å². The van der Waals surface area contributed by atoms with E-state index in [0.29, 0.717) is 0 Å². The minimum Gasteiger partial charge on any atom is -0.455 e. The van der Waals surface area contributed by atoms with Gasteiger partial charge in [-0.3, -0.25) is 0 Å². The Balaban J connectivity index is 2.28. The lowest BCUT2D eigenvalue weighted by atomic mass is 10.1. The Hall–Kier alpha value is -0.590. The first-order chi connectivity index (χ1) is 8.58. The molecule has 0 aliphatic carbocycles. The number of rotatable bonds is 3. The second-order valence-corrected chi connectivity index (χ2v) is 5.91. The van der Waals surface area contributed by atoms with E-state index in [0.717, 1.165) is 25.1 Å². The molecule has 0 aliphatic rings. The summed E-state index contributed by atoms with van der Waals surface area (Å²) in [5, 5.41) is 9.51. The normalized spacial score (nSPS) is 12.2. The van der Waals surface area contributed by atoms with Gasteiger partial charge >= 0.3 is 0 Å². The summed E-state index contributed by atoms with van der Waals surface area (Å²) in [6, 6.07) is 13.4. The van der Waals surface area contributed by atoms with Crippen LogP contribution in [0.4, 0.5) is 0 Å². The number of para-hydroxylation sites is 1. The van der Waals surface area contributed by atoms with Crippen LogP contribution in [0.3, 0.4) is 0 Å². The molecule has 0 heterocycles. The van der Waals surface area contributed by atoms with Crippen LogP contribution in [0.5, 0.6) is 11.5 Å². The first-order valence-corrected chi connectivity index (χ1v) is 7.35. The third-order valence-corrected chi connectivity index (χ3v) is 4.01. The van der Waals surface area contributed by atoms with Gasteiger partial charge in [-0.25, -0.2) is 0 Å². The molecule has 0 spiro atoms. The van der Waals surface area contributed by atoms with Gasteiger partial charge in [0, 0.05) is 0 Å². The van der Waals surface area contributed by atoms with Crippen molar-refractivity contribution >= 4 is 38.5 Å². The average Bonchev–Trinajstić information content (AvgIpc) is 2.34. The molecule has 1 unspecified atom stereocenters. The summed E-state index contributed by atoms with van der Waals surface area (Å²) in [5.74, 6) is 1.56. The van der Waals surface area contributed by atoms with Gasteiger partial charge in [-0.1, -0.05) is 18.2 Å². The Morgan fingerprint density at radius 1 is 1.17 bits per heavy atom. The van der Waals surface area contributed by atoms with E-state index in [1.165, 1.54) is 0 Å². The summed E-state index contributed by atoms with van der Waals surface area (Å²) >= 11 is 5.69. The molecule has 1 N–H and O–H groups in total. The number of halogens is 2. The second-order valence-electron chi connectivity index (χ2n) is 3.90. The van der Waals surface area contributed by atoms with Gasteiger partial charge in [-0.15, -0.1) is 0 Å². The molecule has 4 heteroatoms. The quantitative estimate of drug-likeness (QED) is 0.718. The van der Waals surface area contributed by atoms with E-state index >= 15 is 0 Å². The fourth-order valence-corrected chi connectivity index (χ4v) is 2.48. The maximum atomic E-state index is 9.51. The lowest BCUT2D eigenvalue weighted by molar-refractivity contribution is 0.199. The third-order valence-electron chi connectivity index (χ3n) is 2.49. The molecule has 0 saturated heterocycles. The van der Waals surface area contributed by atoms with E-state index in [9.17, 15) is 5.11 Å². The highest BCUT2D eigenvalue weighted by Gasteiger charge is 2.08. The van der Waals surface area contributed by atoms with Crippen molar-refractivity contribution in [2.75, 3.05) is 0 Å². The molecule has 0 aliphatic heterocycles. The molecule has 0 aromatic heterocycles. The molecule has 1 atom stereocenters. The highest BCUT2D eigenvalue weighted by Crippen LogP contribution is 2.33. The highest BCUT2D eigenvalue weighted by molar-refractivity contribution is 14.1. The lowest BCUT2D eigenvalue weighted by Crippen LogP contribution is -1.93. The largest absolute Gasteiger partial charge is 0.455 e. The van der Waals surface area contributed by atoms with Crippen LogP contribution in [-0.4, -0.2) is 5.11 Å². The van der Waals surface area contributed by atoms with Crippen molar-refractivity contribution in [3.63, 3.8) is 0 Å². The van der Waals surface area contributed by atoms with Crippen LogP contribution in [-0.2, 0) is 0 Å². The van der Waals surface area contributed by atoms with Gasteiger partial charge < -0.3 is 9.84 Å². The number of aliphatic hydroxyl groups is 1. The number of aliphatic hydroxyl groups excluding tert-OH is 1. The van der Waals surface area contributed by atoms with Crippen molar-refractivity contribution in [2.45, 2.75) is 13.0 Å². The van der Waals surface area contributed by atoms with Crippen molar-refractivity contribution < 1.29 is 9.84 Å². The Morgan fingerprint density at radius 3 is 2.50 bits per heavy atom. The lowest BCUT2D eigenvalue weighted by Gasteiger charge is -2.11. The molecule has 0 bridgehead atoms. The molecular weight excluding hydrogens is 407 g/mol. The Labute approximate surface area is 128 Å². The van der Waals surface area contributed by atoms with Gasteiger partial charge in [0.05, 0.1) is 14.1 Å². The molecule has 18 heavy (non-hydrogen) atoms. The SMILES string of the molecule is CC(O)c1ccc(Oc2ccccc2I)c(Br)c1. The predicted molar refractivity (Wildman–Crippen MR) is 84.0 cm³/mol. The zero-order valence-electron chi connectivity index (χ0n) is 9.73. The predicted octanol–water partition coefficient (Wildman–Crippen LogP) is 4.90. The number of hydrogen-bond donors (Lipinski definition) is 1. The van der Waals surface area contributed by atoms with Crippen LogP contribution in [0.2, 0.25) is 0 Å². The van der Waals surface area contributed by atoms with Crippen molar-refractivity contribution in [2.24, 2.45) is 0 Å². The van der Waals surface area contributed by atoms with Crippen LogP contribution in [0.15, 0.2) is 46.9 Å². The number of ether oxygens (including phenoxy) is 1. The summed E-state index contributed by atoms with van der Waals surface area (Å²) in [6.07, 6.45) is -0.479. The summed E-state index contributed by atoms with van der Waals surface area (Å²) in [5.41, 5.74) is 0.858. The molecule has 2 aromatic rings. The monoisotopic (exact) mass is 418 g/mol. The molecule has 0 fully saturated rings. The Bertz CT molecular complexity index is 555. The van der Waals surface area contributed by atoms with Crippen molar-refractivity contribution in [1.29, 1.82) is 0 Å². The average molecular weight is 419 g/mol. The smallest absolute Gasteiger partial charge is 0.141 e. The first-order valence-electron chi connectivity index (χ1n) is 5.48. The van der Waals surface area contributed by atoms with Crippen LogP contribution in [0.1, 0.15) is 18.6 Å². The van der Waals surface area contributed by atoms with Crippen molar-refractivity contribution in [3.8, 4) is 11.5 Å². The maximum absolute atomic E-state index is 9.51. The van der Waals surface area contributed by atoms with E-state index in [4.69, 9.17) is 4.74 Å². The highest BCUT2D eigenvalue weighted by atomic mass is 127. The summed E-state index contributed by atoms with van der Waals surface area (Å²) in [7, 11) is 0. The van der Waals surface area contributed by atoms with Crippen LogP contribution in [0.25, 0.3) is 0 Å². The zero-order valence-corrected chi connectivity index (χ0v) is 13.5. The number of hydrogen-bond acceptors (Lipinski definition) is 2. The summed E-state index contributed by atoms with van der Waals surface area (Å²) in [4.78, 5) is 0. The minimum absolute atomic E-state index is 0.479. The summed E-state index contributed by atoms with van der Waals surface area (Å²) in [6.45, 7) is 1.74. The van der Waals surface area contributed by atoms with Gasteiger partial charge in [-0.2, -0.15) is 0 Å². The molecular formula is C14H12BrIO2. The maximum Gasteiger partial charge on any atom is 0.141 e. The fourth-order valence-electron chi connectivity index (χ4n) is 1.51. The topological polar surface area (TPSA) is 29.5 Å². The van der Waals surface area contributed by atoms with E-state index in [1.807, 2.05) is 42.5 Å². The number of benzene rings is 2. The van der Waals surface area contributed by atoms with Gasteiger partial charge in [0.25, 0.3) is 0 Å². The minimum atomic E-state index is -0.479. The van der Waals surface area contributed by atoms with Gasteiger partial charge in [0.1, 0.15) is 11.5 Å². The van der Waals surface area contributed by atoms with Gasteiger partial charge in [0.15, 0.2) is 0 Å². The molecule has 94 valence electrons. The van der Waals surface area contributed by atoms with E-state index in [-0.39, 0.29) is 0 Å². The summed E-state index contributed by atoms with van der Waals surface area (Å²) < 4.78 is 7.73. The van der Waals surface area contributed by atoms with Gasteiger partial charge in [0.2, 0.25) is 0 Å². The molecule has 0 radical (unpaired) electrons. The second kappa shape index (κ2) is 6.04. The molecule has 2 nitrogen and oxygen atoms in total. The van der Waals surface area contributed by atoms with E-state index in [1.54, 1.807) is 6.92 Å². The molecule has 2 aromatic carbocycles. The third kappa shape index (κ3) is 3.24. The molecule has 0 saturated carbocycles. The van der Waals surface area contributed by atoms with Crippen molar-refractivity contribution in [1.82, 2.24) is 0 Å².